The minimum atomic E-state index is -0.401. The molecule has 0 atom stereocenters. The van der Waals surface area contributed by atoms with E-state index in [1.807, 2.05) is 0 Å². The lowest BCUT2D eigenvalue weighted by Crippen LogP contribution is -2.37. The van der Waals surface area contributed by atoms with Gasteiger partial charge in [-0.3, -0.25) is 13.9 Å². The van der Waals surface area contributed by atoms with Crippen LogP contribution >= 0.6 is 0 Å². The predicted octanol–water partition coefficient (Wildman–Crippen LogP) is 0.931. The first-order chi connectivity index (χ1) is 9.01. The quantitative estimate of drug-likeness (QED) is 0.825. The fourth-order valence-electron chi connectivity index (χ4n) is 2.24. The molecule has 19 heavy (non-hydrogen) atoms. The van der Waals surface area contributed by atoms with Crippen LogP contribution < -0.4 is 11.2 Å². The number of rotatable bonds is 3. The third-order valence-electron chi connectivity index (χ3n) is 3.58. The van der Waals surface area contributed by atoms with Gasteiger partial charge in [-0.05, 0) is 12.8 Å². The van der Waals surface area contributed by atoms with Crippen molar-refractivity contribution in [1.82, 2.24) is 19.1 Å². The molecule has 6 heteroatoms. The van der Waals surface area contributed by atoms with Gasteiger partial charge in [0.25, 0.3) is 5.56 Å². The third kappa shape index (κ3) is 2.07. The molecule has 0 amide bonds. The van der Waals surface area contributed by atoms with Gasteiger partial charge in [0.15, 0.2) is 11.2 Å². The number of aryl methyl sites for hydroxylation is 1. The van der Waals surface area contributed by atoms with Crippen LogP contribution in [0, 0.1) is 0 Å². The normalized spacial score (nSPS) is 11.4. The monoisotopic (exact) mass is 262 g/mol. The van der Waals surface area contributed by atoms with Crippen LogP contribution in [0.1, 0.15) is 38.3 Å². The summed E-state index contributed by atoms with van der Waals surface area (Å²) in [5.41, 5.74) is 0.646. The molecule has 0 aliphatic carbocycles. The van der Waals surface area contributed by atoms with E-state index in [1.165, 1.54) is 11.6 Å². The molecular weight excluding hydrogens is 244 g/mol. The van der Waals surface area contributed by atoms with Gasteiger partial charge in [-0.25, -0.2) is 14.8 Å². The Morgan fingerprint density at radius 2 is 1.79 bits per heavy atom. The second-order valence-corrected chi connectivity index (χ2v) is 4.69. The van der Waals surface area contributed by atoms with Crippen LogP contribution in [0.2, 0.25) is 0 Å². The second-order valence-electron chi connectivity index (χ2n) is 4.69. The van der Waals surface area contributed by atoms with Crippen LogP contribution in [-0.4, -0.2) is 19.1 Å². The van der Waals surface area contributed by atoms with Gasteiger partial charge in [-0.2, -0.15) is 0 Å². The highest BCUT2D eigenvalue weighted by Gasteiger charge is 2.14. The van der Waals surface area contributed by atoms with E-state index in [9.17, 15) is 9.59 Å². The highest BCUT2D eigenvalue weighted by Crippen LogP contribution is 2.20. The number of aromatic nitrogens is 4. The van der Waals surface area contributed by atoms with Gasteiger partial charge in [0.05, 0.1) is 5.69 Å². The topological polar surface area (TPSA) is 69.8 Å². The van der Waals surface area contributed by atoms with Crippen molar-refractivity contribution in [2.75, 3.05) is 0 Å². The zero-order valence-electron chi connectivity index (χ0n) is 11.7. The summed E-state index contributed by atoms with van der Waals surface area (Å²) in [4.78, 5) is 32.5. The largest absolute Gasteiger partial charge is 0.332 e. The molecule has 0 saturated carbocycles. The molecule has 0 spiro atoms. The lowest BCUT2D eigenvalue weighted by atomic mass is 10.00. The van der Waals surface area contributed by atoms with Crippen LogP contribution in [0.3, 0.4) is 0 Å². The van der Waals surface area contributed by atoms with Gasteiger partial charge in [-0.15, -0.1) is 0 Å². The molecule has 0 bridgehead atoms. The maximum Gasteiger partial charge on any atom is 0.332 e. The Labute approximate surface area is 110 Å². The Hall–Kier alpha value is -1.98. The van der Waals surface area contributed by atoms with Gasteiger partial charge in [0, 0.05) is 26.2 Å². The van der Waals surface area contributed by atoms with E-state index in [1.54, 1.807) is 13.2 Å². The van der Waals surface area contributed by atoms with E-state index in [-0.39, 0.29) is 11.2 Å². The van der Waals surface area contributed by atoms with E-state index in [2.05, 4.69) is 23.8 Å². The summed E-state index contributed by atoms with van der Waals surface area (Å²) >= 11 is 0. The zero-order valence-corrected chi connectivity index (χ0v) is 11.7. The van der Waals surface area contributed by atoms with Crippen LogP contribution in [-0.2, 0) is 14.1 Å². The number of fused-ring (bicyclic) bond motifs is 1. The van der Waals surface area contributed by atoms with E-state index < -0.39 is 5.56 Å². The minimum Gasteiger partial charge on any atom is -0.279 e. The lowest BCUT2D eigenvalue weighted by Gasteiger charge is -2.13. The maximum absolute atomic E-state index is 12.0. The molecule has 2 rings (SSSR count). The first kappa shape index (κ1) is 13.5. The molecule has 0 saturated heterocycles. The van der Waals surface area contributed by atoms with Crippen molar-refractivity contribution in [2.45, 2.75) is 32.6 Å². The standard InChI is InChI=1S/C13H18N4O2/c1-5-8(6-2)9-7-14-10-11(15-9)16(3)13(19)17(4)12(10)18/h7-8H,5-6H2,1-4H3. The van der Waals surface area contributed by atoms with Gasteiger partial charge in [0.2, 0.25) is 0 Å². The molecule has 0 unspecified atom stereocenters. The average molecular weight is 262 g/mol. The molecule has 2 aromatic rings. The van der Waals surface area contributed by atoms with Crippen LogP contribution in [0.5, 0.6) is 0 Å². The van der Waals surface area contributed by atoms with Crippen LogP contribution in [0.25, 0.3) is 11.2 Å². The first-order valence-electron chi connectivity index (χ1n) is 6.43. The first-order valence-corrected chi connectivity index (χ1v) is 6.43. The molecule has 6 nitrogen and oxygen atoms in total. The number of hydrogen-bond donors (Lipinski definition) is 0. The van der Waals surface area contributed by atoms with E-state index in [0.29, 0.717) is 11.6 Å². The fourth-order valence-corrected chi connectivity index (χ4v) is 2.24. The van der Waals surface area contributed by atoms with E-state index in [0.717, 1.165) is 23.1 Å². The Bertz CT molecular complexity index is 726. The summed E-state index contributed by atoms with van der Waals surface area (Å²) in [6.45, 7) is 4.17. The summed E-state index contributed by atoms with van der Waals surface area (Å²) in [6, 6.07) is 0. The summed E-state index contributed by atoms with van der Waals surface area (Å²) in [7, 11) is 3.05. The van der Waals surface area contributed by atoms with Gasteiger partial charge in [-0.1, -0.05) is 13.8 Å². The summed E-state index contributed by atoms with van der Waals surface area (Å²) in [5, 5.41) is 0. The smallest absolute Gasteiger partial charge is 0.279 e. The summed E-state index contributed by atoms with van der Waals surface area (Å²) in [6.07, 6.45) is 3.55. The minimum absolute atomic E-state index is 0.235. The average Bonchev–Trinajstić information content (AvgIpc) is 2.44. The fraction of sp³-hybridized carbons (Fsp3) is 0.538. The predicted molar refractivity (Wildman–Crippen MR) is 73.3 cm³/mol. The Morgan fingerprint density at radius 1 is 1.16 bits per heavy atom. The number of hydrogen-bond acceptors (Lipinski definition) is 4. The lowest BCUT2D eigenvalue weighted by molar-refractivity contribution is 0.618. The molecule has 0 aliphatic rings. The van der Waals surface area contributed by atoms with Crippen molar-refractivity contribution in [3.8, 4) is 0 Å². The Morgan fingerprint density at radius 3 is 2.37 bits per heavy atom. The highest BCUT2D eigenvalue weighted by molar-refractivity contribution is 5.68. The summed E-state index contributed by atoms with van der Waals surface area (Å²) in [5.74, 6) is 0.302. The molecular formula is C13H18N4O2. The molecule has 0 fully saturated rings. The third-order valence-corrected chi connectivity index (χ3v) is 3.58. The SMILES string of the molecule is CCC(CC)c1cnc2c(=O)n(C)c(=O)n(C)c2n1. The van der Waals surface area contributed by atoms with Crippen LogP contribution in [0.4, 0.5) is 0 Å². The highest BCUT2D eigenvalue weighted by atomic mass is 16.2. The molecule has 0 aromatic carbocycles. The van der Waals surface area contributed by atoms with Crippen LogP contribution in [0.15, 0.2) is 15.8 Å². The zero-order chi connectivity index (χ0) is 14.2. The van der Waals surface area contributed by atoms with Crippen molar-refractivity contribution in [3.63, 3.8) is 0 Å². The molecule has 0 radical (unpaired) electrons. The molecule has 0 aliphatic heterocycles. The Kier molecular flexibility index (Phi) is 3.50. The molecule has 2 heterocycles. The number of nitrogens with zero attached hydrogens (tertiary/aromatic N) is 4. The summed E-state index contributed by atoms with van der Waals surface area (Å²) < 4.78 is 2.42. The molecule has 0 N–H and O–H groups in total. The van der Waals surface area contributed by atoms with Gasteiger partial charge in [0.1, 0.15) is 0 Å². The van der Waals surface area contributed by atoms with E-state index in [4.69, 9.17) is 0 Å². The molecule has 2 aromatic heterocycles. The Balaban J connectivity index is 2.81. The van der Waals surface area contributed by atoms with Gasteiger partial charge < -0.3 is 0 Å². The maximum atomic E-state index is 12.0. The van der Waals surface area contributed by atoms with Gasteiger partial charge >= 0.3 is 5.69 Å². The van der Waals surface area contributed by atoms with Crippen molar-refractivity contribution in [1.29, 1.82) is 0 Å². The molecule has 102 valence electrons. The van der Waals surface area contributed by atoms with Crippen molar-refractivity contribution < 1.29 is 0 Å². The van der Waals surface area contributed by atoms with E-state index >= 15 is 0 Å². The second kappa shape index (κ2) is 4.95. The van der Waals surface area contributed by atoms with Crippen molar-refractivity contribution in [2.24, 2.45) is 14.1 Å². The van der Waals surface area contributed by atoms with Crippen molar-refractivity contribution in [3.05, 3.63) is 32.7 Å². The van der Waals surface area contributed by atoms with Crippen molar-refractivity contribution >= 4 is 11.2 Å².